The number of aromatic nitrogens is 1. The van der Waals surface area contributed by atoms with Gasteiger partial charge in [0, 0.05) is 17.5 Å². The predicted octanol–water partition coefficient (Wildman–Crippen LogP) is 2.00. The summed E-state index contributed by atoms with van der Waals surface area (Å²) in [5, 5.41) is 14.7. The third kappa shape index (κ3) is 6.28. The van der Waals surface area contributed by atoms with Crippen molar-refractivity contribution in [1.82, 2.24) is 15.6 Å². The highest BCUT2D eigenvalue weighted by Crippen LogP contribution is 2.16. The van der Waals surface area contributed by atoms with Gasteiger partial charge in [0.1, 0.15) is 12.6 Å². The summed E-state index contributed by atoms with van der Waals surface area (Å²) in [6, 6.07) is 15.5. The lowest BCUT2D eigenvalue weighted by Gasteiger charge is -2.17. The molecule has 1 unspecified atom stereocenters. The molecular formula is C18H18N4O2S. The Morgan fingerprint density at radius 3 is 2.60 bits per heavy atom. The average Bonchev–Trinajstić information content (AvgIpc) is 2.66. The van der Waals surface area contributed by atoms with E-state index in [2.05, 4.69) is 15.6 Å². The van der Waals surface area contributed by atoms with E-state index in [1.165, 1.54) is 11.8 Å². The van der Waals surface area contributed by atoms with Crippen molar-refractivity contribution in [2.24, 2.45) is 0 Å². The Bertz CT molecular complexity index is 732. The lowest BCUT2D eigenvalue weighted by molar-refractivity contribution is -0.122. The molecule has 0 aliphatic rings. The number of nitrogens with zero attached hydrogens (tertiary/aromatic N) is 2. The molecule has 7 heteroatoms. The highest BCUT2D eigenvalue weighted by atomic mass is 32.2. The van der Waals surface area contributed by atoms with Gasteiger partial charge in [-0.25, -0.2) is 4.98 Å². The van der Waals surface area contributed by atoms with Gasteiger partial charge in [0.2, 0.25) is 5.91 Å². The van der Waals surface area contributed by atoms with E-state index in [1.54, 1.807) is 30.5 Å². The Kier molecular flexibility index (Phi) is 7.47. The zero-order chi connectivity index (χ0) is 17.9. The van der Waals surface area contributed by atoms with Crippen LogP contribution in [0.1, 0.15) is 16.8 Å². The summed E-state index contributed by atoms with van der Waals surface area (Å²) in [4.78, 5) is 28.7. The summed E-state index contributed by atoms with van der Waals surface area (Å²) in [5.41, 5.74) is 0.484. The van der Waals surface area contributed by atoms with Crippen LogP contribution in [-0.4, -0.2) is 35.1 Å². The molecule has 2 rings (SSSR count). The van der Waals surface area contributed by atoms with Gasteiger partial charge in [-0.3, -0.25) is 9.59 Å². The Hall–Kier alpha value is -2.85. The first kappa shape index (κ1) is 18.5. The fourth-order valence-corrected chi connectivity index (χ4v) is 2.94. The number of thioether (sulfide) groups is 1. The molecule has 0 aliphatic heterocycles. The number of rotatable bonds is 8. The summed E-state index contributed by atoms with van der Waals surface area (Å²) in [5.74, 6) is -0.0792. The van der Waals surface area contributed by atoms with Crippen molar-refractivity contribution < 1.29 is 9.59 Å². The summed E-state index contributed by atoms with van der Waals surface area (Å²) >= 11 is 1.51. The van der Waals surface area contributed by atoms with E-state index < -0.39 is 6.04 Å². The fraction of sp³-hybridized carbons (Fsp3) is 0.222. The van der Waals surface area contributed by atoms with Gasteiger partial charge in [-0.2, -0.15) is 5.26 Å². The van der Waals surface area contributed by atoms with Gasteiger partial charge in [0.15, 0.2) is 0 Å². The highest BCUT2D eigenvalue weighted by Gasteiger charge is 2.21. The van der Waals surface area contributed by atoms with E-state index in [0.717, 1.165) is 5.03 Å². The van der Waals surface area contributed by atoms with Crippen LogP contribution in [0.3, 0.4) is 0 Å². The van der Waals surface area contributed by atoms with Gasteiger partial charge in [-0.15, -0.1) is 11.8 Å². The van der Waals surface area contributed by atoms with Gasteiger partial charge in [-0.1, -0.05) is 24.3 Å². The summed E-state index contributed by atoms with van der Waals surface area (Å²) in [6.07, 6.45) is 2.13. The van der Waals surface area contributed by atoms with Gasteiger partial charge < -0.3 is 10.6 Å². The second-order valence-corrected chi connectivity index (χ2v) is 6.19. The van der Waals surface area contributed by atoms with Crippen LogP contribution >= 0.6 is 11.8 Å². The molecule has 0 saturated heterocycles. The number of amides is 2. The van der Waals surface area contributed by atoms with Gasteiger partial charge in [-0.05, 0) is 30.7 Å². The Balaban J connectivity index is 1.96. The number of carbonyl (C=O) groups excluding carboxylic acids is 2. The van der Waals surface area contributed by atoms with Crippen LogP contribution in [-0.2, 0) is 4.79 Å². The van der Waals surface area contributed by atoms with Crippen molar-refractivity contribution in [2.45, 2.75) is 17.5 Å². The van der Waals surface area contributed by atoms with Crippen molar-refractivity contribution in [3.8, 4) is 6.07 Å². The fourth-order valence-electron chi connectivity index (χ4n) is 2.06. The zero-order valence-corrected chi connectivity index (χ0v) is 14.3. The second kappa shape index (κ2) is 10.1. The number of nitriles is 1. The first-order chi connectivity index (χ1) is 12.2. The Morgan fingerprint density at radius 2 is 1.92 bits per heavy atom. The van der Waals surface area contributed by atoms with Crippen molar-refractivity contribution in [3.05, 3.63) is 60.3 Å². The van der Waals surface area contributed by atoms with Crippen LogP contribution < -0.4 is 10.6 Å². The van der Waals surface area contributed by atoms with E-state index >= 15 is 0 Å². The largest absolute Gasteiger partial charge is 0.341 e. The predicted molar refractivity (Wildman–Crippen MR) is 95.9 cm³/mol. The molecule has 1 atom stereocenters. The minimum atomic E-state index is -0.711. The minimum absolute atomic E-state index is 0.0933. The van der Waals surface area contributed by atoms with Crippen molar-refractivity contribution >= 4 is 23.6 Å². The maximum Gasteiger partial charge on any atom is 0.251 e. The molecule has 0 spiro atoms. The summed E-state index contributed by atoms with van der Waals surface area (Å²) in [7, 11) is 0. The van der Waals surface area contributed by atoms with Crippen molar-refractivity contribution in [3.63, 3.8) is 0 Å². The average molecular weight is 354 g/mol. The van der Waals surface area contributed by atoms with Crippen LogP contribution in [0.25, 0.3) is 0 Å². The summed E-state index contributed by atoms with van der Waals surface area (Å²) < 4.78 is 0. The molecule has 2 amide bonds. The van der Waals surface area contributed by atoms with Crippen LogP contribution in [0.5, 0.6) is 0 Å². The van der Waals surface area contributed by atoms with Crippen LogP contribution in [0, 0.1) is 11.3 Å². The number of nitrogens with one attached hydrogen (secondary N) is 2. The second-order valence-electron chi connectivity index (χ2n) is 5.07. The highest BCUT2D eigenvalue weighted by molar-refractivity contribution is 7.99. The van der Waals surface area contributed by atoms with E-state index in [0.29, 0.717) is 17.7 Å². The monoisotopic (exact) mass is 354 g/mol. The van der Waals surface area contributed by atoms with Crippen LogP contribution in [0.4, 0.5) is 0 Å². The third-order valence-corrected chi connectivity index (χ3v) is 4.27. The molecule has 0 fully saturated rings. The molecule has 0 bridgehead atoms. The van der Waals surface area contributed by atoms with E-state index in [1.807, 2.05) is 30.3 Å². The minimum Gasteiger partial charge on any atom is -0.341 e. The number of hydrogen-bond donors (Lipinski definition) is 2. The quantitative estimate of drug-likeness (QED) is 0.558. The van der Waals surface area contributed by atoms with E-state index in [4.69, 9.17) is 5.26 Å². The molecule has 2 N–H and O–H groups in total. The van der Waals surface area contributed by atoms with E-state index in [-0.39, 0.29) is 18.4 Å². The van der Waals surface area contributed by atoms with Crippen molar-refractivity contribution in [1.29, 1.82) is 5.26 Å². The van der Waals surface area contributed by atoms with Crippen LogP contribution in [0.2, 0.25) is 0 Å². The normalized spacial score (nSPS) is 11.2. The molecule has 1 heterocycles. The molecule has 6 nitrogen and oxygen atoms in total. The number of carbonyl (C=O) groups is 2. The number of hydrogen-bond acceptors (Lipinski definition) is 5. The molecule has 1 aromatic carbocycles. The topological polar surface area (TPSA) is 94.9 Å². The molecule has 128 valence electrons. The molecule has 2 aromatic rings. The molecular weight excluding hydrogens is 336 g/mol. The first-order valence-corrected chi connectivity index (χ1v) is 8.73. The Morgan fingerprint density at radius 1 is 1.16 bits per heavy atom. The van der Waals surface area contributed by atoms with Crippen molar-refractivity contribution in [2.75, 3.05) is 12.3 Å². The lowest BCUT2D eigenvalue weighted by Crippen LogP contribution is -2.47. The van der Waals surface area contributed by atoms with Gasteiger partial charge in [0.05, 0.1) is 11.1 Å². The van der Waals surface area contributed by atoms with Crippen LogP contribution in [0.15, 0.2) is 59.8 Å². The molecule has 0 radical (unpaired) electrons. The third-order valence-electron chi connectivity index (χ3n) is 3.29. The molecule has 0 aliphatic carbocycles. The Labute approximate surface area is 150 Å². The zero-order valence-electron chi connectivity index (χ0n) is 13.5. The first-order valence-electron chi connectivity index (χ1n) is 7.75. The molecule has 0 saturated carbocycles. The smallest absolute Gasteiger partial charge is 0.251 e. The standard InChI is InChI=1S/C18H18N4O2S/c19-10-12-21-18(24)15(9-13-25-16-8-4-5-11-20-16)22-17(23)14-6-2-1-3-7-14/h1-8,11,15H,9,12-13H2,(H,21,24)(H,22,23). The van der Waals surface area contributed by atoms with E-state index in [9.17, 15) is 9.59 Å². The number of benzene rings is 1. The maximum atomic E-state index is 12.3. The number of pyridine rings is 1. The SMILES string of the molecule is N#CCNC(=O)C(CCSc1ccccn1)NC(=O)c1ccccc1. The molecule has 1 aromatic heterocycles. The van der Waals surface area contributed by atoms with Gasteiger partial charge in [0.25, 0.3) is 5.91 Å². The summed E-state index contributed by atoms with van der Waals surface area (Å²) in [6.45, 7) is -0.0933. The maximum absolute atomic E-state index is 12.3. The lowest BCUT2D eigenvalue weighted by atomic mass is 10.1. The molecule has 25 heavy (non-hydrogen) atoms. The van der Waals surface area contributed by atoms with Gasteiger partial charge >= 0.3 is 0 Å².